The Morgan fingerprint density at radius 2 is 2.00 bits per heavy atom. The molecule has 1 fully saturated rings. The maximum atomic E-state index is 12.4. The summed E-state index contributed by atoms with van der Waals surface area (Å²) in [7, 11) is -4.05. The van der Waals surface area contributed by atoms with E-state index in [2.05, 4.69) is 5.32 Å². The van der Waals surface area contributed by atoms with Gasteiger partial charge in [-0.05, 0) is 37.8 Å². The van der Waals surface area contributed by atoms with Crippen molar-refractivity contribution in [2.75, 3.05) is 0 Å². The quantitative estimate of drug-likeness (QED) is 0.874. The molecule has 0 saturated heterocycles. The molecule has 0 unspecified atom stereocenters. The first kappa shape index (κ1) is 16.5. The van der Waals surface area contributed by atoms with E-state index in [0.717, 1.165) is 31.7 Å². The third kappa shape index (κ3) is 3.34. The summed E-state index contributed by atoms with van der Waals surface area (Å²) in [6.45, 7) is 1.99. The first-order valence-electron chi connectivity index (χ1n) is 6.53. The van der Waals surface area contributed by atoms with Crippen molar-refractivity contribution >= 4 is 39.1 Å². The van der Waals surface area contributed by atoms with Gasteiger partial charge >= 0.3 is 0 Å². The van der Waals surface area contributed by atoms with Crippen molar-refractivity contribution < 1.29 is 13.2 Å². The summed E-state index contributed by atoms with van der Waals surface area (Å²) in [6.07, 6.45) is 3.66. The van der Waals surface area contributed by atoms with Crippen LogP contribution in [0.5, 0.6) is 0 Å². The van der Waals surface area contributed by atoms with Gasteiger partial charge in [0, 0.05) is 10.6 Å². The zero-order chi connectivity index (χ0) is 15.8. The minimum absolute atomic E-state index is 0.0212. The number of primary sulfonamides is 1. The molecule has 116 valence electrons. The molecule has 8 heteroatoms. The highest BCUT2D eigenvalue weighted by atomic mass is 35.5. The van der Waals surface area contributed by atoms with Gasteiger partial charge in [-0.25, -0.2) is 13.6 Å². The molecule has 3 N–H and O–H groups in total. The monoisotopic (exact) mass is 350 g/mol. The second-order valence-electron chi connectivity index (χ2n) is 5.25. The molecular formula is C13H16Cl2N2O3S. The molecule has 1 amide bonds. The Kier molecular flexibility index (Phi) is 4.54. The van der Waals surface area contributed by atoms with Crippen molar-refractivity contribution in [3.8, 4) is 0 Å². The van der Waals surface area contributed by atoms with Crippen molar-refractivity contribution in [3.63, 3.8) is 0 Å². The number of sulfonamides is 1. The lowest BCUT2D eigenvalue weighted by atomic mass is 9.74. The Labute approximate surface area is 133 Å². The van der Waals surface area contributed by atoms with Crippen LogP contribution in [0.4, 0.5) is 0 Å². The fraction of sp³-hybridized carbons (Fsp3) is 0.462. The zero-order valence-corrected chi connectivity index (χ0v) is 13.8. The molecule has 2 rings (SSSR count). The molecule has 0 radical (unpaired) electrons. The SMILES string of the molecule is CCC1(NC(=O)c2cc(Cl)cc(S(N)(=O)=O)c2Cl)CCC1. The predicted molar refractivity (Wildman–Crippen MR) is 82.2 cm³/mol. The van der Waals surface area contributed by atoms with Crippen LogP contribution in [-0.4, -0.2) is 19.9 Å². The number of halogens is 2. The van der Waals surface area contributed by atoms with Crippen molar-refractivity contribution in [1.82, 2.24) is 5.32 Å². The van der Waals surface area contributed by atoms with Crippen molar-refractivity contribution in [2.45, 2.75) is 43.0 Å². The normalized spacial score (nSPS) is 17.1. The molecule has 1 aliphatic rings. The van der Waals surface area contributed by atoms with Crippen molar-refractivity contribution in [2.24, 2.45) is 5.14 Å². The molecule has 1 aromatic rings. The van der Waals surface area contributed by atoms with Crippen LogP contribution in [0.15, 0.2) is 17.0 Å². The smallest absolute Gasteiger partial charge is 0.253 e. The van der Waals surface area contributed by atoms with Gasteiger partial charge in [0.05, 0.1) is 10.6 Å². The predicted octanol–water partition coefficient (Wildman–Crippen LogP) is 2.70. The first-order valence-corrected chi connectivity index (χ1v) is 8.83. The fourth-order valence-corrected chi connectivity index (χ4v) is 3.87. The maximum absolute atomic E-state index is 12.4. The summed E-state index contributed by atoms with van der Waals surface area (Å²) in [5.74, 6) is -0.436. The van der Waals surface area contributed by atoms with Crippen molar-refractivity contribution in [3.05, 3.63) is 27.7 Å². The molecule has 0 aromatic heterocycles. The number of nitrogens with one attached hydrogen (secondary N) is 1. The van der Waals surface area contributed by atoms with Crippen LogP contribution in [0.1, 0.15) is 43.0 Å². The number of benzene rings is 1. The van der Waals surface area contributed by atoms with Gasteiger partial charge in [-0.15, -0.1) is 0 Å². The van der Waals surface area contributed by atoms with Gasteiger partial charge in [-0.1, -0.05) is 30.1 Å². The largest absolute Gasteiger partial charge is 0.347 e. The average Bonchev–Trinajstić information content (AvgIpc) is 2.34. The molecule has 1 saturated carbocycles. The van der Waals surface area contributed by atoms with E-state index in [1.54, 1.807) is 0 Å². The molecular weight excluding hydrogens is 335 g/mol. The molecule has 0 atom stereocenters. The number of hydrogen-bond acceptors (Lipinski definition) is 3. The van der Waals surface area contributed by atoms with Gasteiger partial charge in [0.25, 0.3) is 5.91 Å². The van der Waals surface area contributed by atoms with E-state index in [4.69, 9.17) is 28.3 Å². The molecule has 0 bridgehead atoms. The van der Waals surface area contributed by atoms with Crippen LogP contribution in [0, 0.1) is 0 Å². The van der Waals surface area contributed by atoms with Gasteiger partial charge in [0.15, 0.2) is 0 Å². The standard InChI is InChI=1S/C13H16Cl2N2O3S/c1-2-13(4-3-5-13)17-12(18)9-6-8(14)7-10(11(9)15)21(16,19)20/h6-7H,2-5H2,1H3,(H,17,18)(H2,16,19,20). The first-order chi connectivity index (χ1) is 9.68. The van der Waals surface area contributed by atoms with E-state index in [0.29, 0.717) is 0 Å². The zero-order valence-electron chi connectivity index (χ0n) is 11.4. The third-order valence-electron chi connectivity index (χ3n) is 3.92. The van der Waals surface area contributed by atoms with Crippen LogP contribution in [0.3, 0.4) is 0 Å². The molecule has 1 aliphatic carbocycles. The lowest BCUT2D eigenvalue weighted by Crippen LogP contribution is -2.53. The van der Waals surface area contributed by atoms with E-state index in [-0.39, 0.29) is 26.0 Å². The Bertz CT molecular complexity index is 679. The Morgan fingerprint density at radius 1 is 1.38 bits per heavy atom. The number of amides is 1. The number of hydrogen-bond donors (Lipinski definition) is 2. The van der Waals surface area contributed by atoms with E-state index in [9.17, 15) is 13.2 Å². The summed E-state index contributed by atoms with van der Waals surface area (Å²) in [6, 6.07) is 2.48. The fourth-order valence-electron chi connectivity index (χ4n) is 2.42. The van der Waals surface area contributed by atoms with E-state index in [1.807, 2.05) is 6.92 Å². The molecule has 21 heavy (non-hydrogen) atoms. The maximum Gasteiger partial charge on any atom is 0.253 e. The summed E-state index contributed by atoms with van der Waals surface area (Å²) in [5, 5.41) is 7.90. The van der Waals surface area contributed by atoms with Gasteiger partial charge in [0.2, 0.25) is 10.0 Å². The summed E-state index contributed by atoms with van der Waals surface area (Å²) in [4.78, 5) is 12.0. The summed E-state index contributed by atoms with van der Waals surface area (Å²) >= 11 is 11.9. The van der Waals surface area contributed by atoms with Crippen LogP contribution < -0.4 is 10.5 Å². The topological polar surface area (TPSA) is 89.3 Å². The van der Waals surface area contributed by atoms with Gasteiger partial charge < -0.3 is 5.32 Å². The lowest BCUT2D eigenvalue weighted by Gasteiger charge is -2.42. The Balaban J connectivity index is 2.40. The molecule has 0 heterocycles. The van der Waals surface area contributed by atoms with Crippen LogP contribution >= 0.6 is 23.2 Å². The van der Waals surface area contributed by atoms with Crippen molar-refractivity contribution in [1.29, 1.82) is 0 Å². The minimum Gasteiger partial charge on any atom is -0.347 e. The highest BCUT2D eigenvalue weighted by Crippen LogP contribution is 2.36. The molecule has 0 spiro atoms. The Morgan fingerprint density at radius 3 is 2.43 bits per heavy atom. The number of nitrogens with two attached hydrogens (primary N) is 1. The lowest BCUT2D eigenvalue weighted by molar-refractivity contribution is 0.0820. The van der Waals surface area contributed by atoms with E-state index >= 15 is 0 Å². The minimum atomic E-state index is -4.05. The highest BCUT2D eigenvalue weighted by Gasteiger charge is 2.37. The van der Waals surface area contributed by atoms with Crippen LogP contribution in [0.25, 0.3) is 0 Å². The van der Waals surface area contributed by atoms with Gasteiger partial charge in [0.1, 0.15) is 4.90 Å². The van der Waals surface area contributed by atoms with Gasteiger partial charge in [-0.3, -0.25) is 4.79 Å². The second kappa shape index (κ2) is 5.76. The summed E-state index contributed by atoms with van der Waals surface area (Å²) < 4.78 is 23.0. The van der Waals surface area contributed by atoms with E-state index < -0.39 is 15.9 Å². The molecule has 5 nitrogen and oxygen atoms in total. The number of carbonyl (C=O) groups is 1. The number of carbonyl (C=O) groups excluding carboxylic acids is 1. The molecule has 0 aliphatic heterocycles. The number of rotatable bonds is 4. The highest BCUT2D eigenvalue weighted by molar-refractivity contribution is 7.89. The summed E-state index contributed by atoms with van der Waals surface area (Å²) in [5.41, 5.74) is -0.210. The van der Waals surface area contributed by atoms with Crippen LogP contribution in [-0.2, 0) is 10.0 Å². The third-order valence-corrected chi connectivity index (χ3v) is 5.59. The van der Waals surface area contributed by atoms with E-state index in [1.165, 1.54) is 6.07 Å². The van der Waals surface area contributed by atoms with Gasteiger partial charge in [-0.2, -0.15) is 0 Å². The molecule has 1 aromatic carbocycles. The average molecular weight is 351 g/mol. The Hall–Kier alpha value is -0.820. The second-order valence-corrected chi connectivity index (χ2v) is 7.60. The van der Waals surface area contributed by atoms with Crippen LogP contribution in [0.2, 0.25) is 10.0 Å².